The lowest BCUT2D eigenvalue weighted by Gasteiger charge is -2.29. The highest BCUT2D eigenvalue weighted by Gasteiger charge is 2.34. The highest BCUT2D eigenvalue weighted by Crippen LogP contribution is 2.26. The Labute approximate surface area is 142 Å². The van der Waals surface area contributed by atoms with Crippen LogP contribution in [0.3, 0.4) is 0 Å². The van der Waals surface area contributed by atoms with Crippen LogP contribution in [0.25, 0.3) is 6.08 Å². The average molecular weight is 344 g/mol. The van der Waals surface area contributed by atoms with Crippen molar-refractivity contribution in [2.75, 3.05) is 12.0 Å². The van der Waals surface area contributed by atoms with Gasteiger partial charge in [0.2, 0.25) is 0 Å². The number of methoxy groups -OCH3 is 1. The fourth-order valence-corrected chi connectivity index (χ4v) is 3.10. The summed E-state index contributed by atoms with van der Waals surface area (Å²) in [6.45, 7) is 0. The molecular weight excluding hydrogens is 332 g/mol. The predicted molar refractivity (Wildman–Crippen MR) is 93.5 cm³/mol. The van der Waals surface area contributed by atoms with Gasteiger partial charge in [0.1, 0.15) is 11.3 Å². The molecule has 7 heteroatoms. The average Bonchev–Trinajstić information content (AvgIpc) is 3.04. The number of hydrogen-bond acceptors (Lipinski definition) is 5. The first-order valence-electron chi connectivity index (χ1n) is 6.69. The molecule has 0 aliphatic carbocycles. The van der Waals surface area contributed by atoms with E-state index in [-0.39, 0.29) is 10.7 Å². The summed E-state index contributed by atoms with van der Waals surface area (Å²) in [4.78, 5) is 27.0. The number of thiophene rings is 1. The van der Waals surface area contributed by atoms with Gasteiger partial charge in [-0.1, -0.05) is 12.1 Å². The highest BCUT2D eigenvalue weighted by atomic mass is 32.1. The van der Waals surface area contributed by atoms with E-state index in [1.54, 1.807) is 37.5 Å². The first kappa shape index (κ1) is 15.4. The third kappa shape index (κ3) is 3.01. The van der Waals surface area contributed by atoms with Crippen molar-refractivity contribution in [1.82, 2.24) is 5.32 Å². The Balaban J connectivity index is 2.01. The molecule has 1 aliphatic heterocycles. The maximum Gasteiger partial charge on any atom is 0.270 e. The molecule has 0 unspecified atom stereocenters. The summed E-state index contributed by atoms with van der Waals surface area (Å²) in [5.41, 5.74) is 0.584. The second-order valence-electron chi connectivity index (χ2n) is 4.67. The van der Waals surface area contributed by atoms with Crippen molar-refractivity contribution in [1.29, 1.82) is 0 Å². The number of ether oxygens (including phenoxy) is 1. The molecular formula is C16H12N2O3S2. The number of carbonyl (C=O) groups excluding carboxylic acids is 2. The van der Waals surface area contributed by atoms with Crippen molar-refractivity contribution in [3.05, 3.63) is 52.2 Å². The Morgan fingerprint density at radius 2 is 2.09 bits per heavy atom. The van der Waals surface area contributed by atoms with Gasteiger partial charge in [0.05, 0.1) is 12.8 Å². The van der Waals surface area contributed by atoms with Gasteiger partial charge in [-0.2, -0.15) is 0 Å². The van der Waals surface area contributed by atoms with Crippen LogP contribution in [0.5, 0.6) is 5.75 Å². The normalized spacial score (nSPS) is 16.7. The van der Waals surface area contributed by atoms with Gasteiger partial charge in [-0.15, -0.1) is 11.3 Å². The van der Waals surface area contributed by atoms with E-state index in [4.69, 9.17) is 17.0 Å². The van der Waals surface area contributed by atoms with Crippen molar-refractivity contribution in [2.45, 2.75) is 0 Å². The van der Waals surface area contributed by atoms with E-state index < -0.39 is 11.8 Å². The van der Waals surface area contributed by atoms with Crippen molar-refractivity contribution in [3.63, 3.8) is 0 Å². The monoisotopic (exact) mass is 344 g/mol. The molecule has 1 saturated heterocycles. The summed E-state index contributed by atoms with van der Waals surface area (Å²) >= 11 is 6.60. The van der Waals surface area contributed by atoms with Crippen LogP contribution in [0.1, 0.15) is 4.88 Å². The summed E-state index contributed by atoms with van der Waals surface area (Å²) in [6.07, 6.45) is 1.57. The number of rotatable bonds is 3. The molecule has 1 aliphatic rings. The molecule has 1 fully saturated rings. The van der Waals surface area contributed by atoms with E-state index in [0.717, 1.165) is 4.88 Å². The molecule has 2 aromatic rings. The number of nitrogens with zero attached hydrogens (tertiary/aromatic N) is 1. The van der Waals surface area contributed by atoms with Crippen molar-refractivity contribution in [3.8, 4) is 5.75 Å². The zero-order chi connectivity index (χ0) is 16.4. The van der Waals surface area contributed by atoms with E-state index in [0.29, 0.717) is 11.4 Å². The van der Waals surface area contributed by atoms with Crippen LogP contribution in [-0.4, -0.2) is 24.0 Å². The fraction of sp³-hybridized carbons (Fsp3) is 0.0625. The second-order valence-corrected chi connectivity index (χ2v) is 6.04. The van der Waals surface area contributed by atoms with E-state index >= 15 is 0 Å². The van der Waals surface area contributed by atoms with Gasteiger partial charge in [-0.25, -0.2) is 0 Å². The van der Waals surface area contributed by atoms with Gasteiger partial charge >= 0.3 is 0 Å². The second kappa shape index (κ2) is 6.31. The van der Waals surface area contributed by atoms with Gasteiger partial charge in [-0.3, -0.25) is 19.8 Å². The number of hydrogen-bond donors (Lipinski definition) is 1. The molecule has 0 spiro atoms. The third-order valence-electron chi connectivity index (χ3n) is 3.24. The number of benzene rings is 1. The van der Waals surface area contributed by atoms with Gasteiger partial charge in [0, 0.05) is 10.9 Å². The molecule has 23 heavy (non-hydrogen) atoms. The van der Waals surface area contributed by atoms with Crippen LogP contribution in [0.2, 0.25) is 0 Å². The zero-order valence-electron chi connectivity index (χ0n) is 12.1. The minimum absolute atomic E-state index is 0.0452. The highest BCUT2D eigenvalue weighted by molar-refractivity contribution is 7.80. The van der Waals surface area contributed by atoms with Gasteiger partial charge in [-0.05, 0) is 41.9 Å². The molecule has 5 nitrogen and oxygen atoms in total. The van der Waals surface area contributed by atoms with Gasteiger partial charge < -0.3 is 4.74 Å². The third-order valence-corrected chi connectivity index (χ3v) is 4.35. The van der Waals surface area contributed by atoms with Gasteiger partial charge in [0.15, 0.2) is 5.11 Å². The smallest absolute Gasteiger partial charge is 0.270 e. The largest absolute Gasteiger partial charge is 0.497 e. The SMILES string of the molecule is COc1cccc(N2C(=O)C(=Cc3cccs3)C(=O)NC2=S)c1. The van der Waals surface area contributed by atoms with Crippen molar-refractivity contribution >= 4 is 52.2 Å². The van der Waals surface area contributed by atoms with Crippen LogP contribution in [0.4, 0.5) is 5.69 Å². The fourth-order valence-electron chi connectivity index (χ4n) is 2.16. The molecule has 1 N–H and O–H groups in total. The molecule has 1 aromatic carbocycles. The molecule has 0 saturated carbocycles. The minimum Gasteiger partial charge on any atom is -0.497 e. The number of nitrogens with one attached hydrogen (secondary N) is 1. The van der Waals surface area contributed by atoms with E-state index in [9.17, 15) is 9.59 Å². The number of anilines is 1. The number of carbonyl (C=O) groups is 2. The van der Waals surface area contributed by atoms with E-state index in [2.05, 4.69) is 5.32 Å². The van der Waals surface area contributed by atoms with Crippen molar-refractivity contribution in [2.24, 2.45) is 0 Å². The molecule has 0 bridgehead atoms. The summed E-state index contributed by atoms with van der Waals surface area (Å²) in [6, 6.07) is 10.6. The Morgan fingerprint density at radius 3 is 2.78 bits per heavy atom. The lowest BCUT2D eigenvalue weighted by Crippen LogP contribution is -2.54. The topological polar surface area (TPSA) is 58.6 Å². The molecule has 2 amide bonds. The predicted octanol–water partition coefficient (Wildman–Crippen LogP) is 2.59. The minimum atomic E-state index is -0.493. The molecule has 0 radical (unpaired) electrons. The van der Waals surface area contributed by atoms with E-state index in [1.807, 2.05) is 17.5 Å². The summed E-state index contributed by atoms with van der Waals surface area (Å²) in [5, 5.41) is 4.48. The van der Waals surface area contributed by atoms with Crippen LogP contribution >= 0.6 is 23.6 Å². The summed E-state index contributed by atoms with van der Waals surface area (Å²) in [7, 11) is 1.54. The summed E-state index contributed by atoms with van der Waals surface area (Å²) in [5.74, 6) is -0.355. The molecule has 3 rings (SSSR count). The first-order chi connectivity index (χ1) is 11.1. The quantitative estimate of drug-likeness (QED) is 0.528. The Bertz CT molecular complexity index is 812. The first-order valence-corrected chi connectivity index (χ1v) is 7.98. The number of thiocarbonyl (C=S) groups is 1. The van der Waals surface area contributed by atoms with Gasteiger partial charge in [0.25, 0.3) is 11.8 Å². The maximum absolute atomic E-state index is 12.7. The molecule has 2 heterocycles. The van der Waals surface area contributed by atoms with Crippen LogP contribution < -0.4 is 15.0 Å². The summed E-state index contributed by atoms with van der Waals surface area (Å²) < 4.78 is 5.17. The van der Waals surface area contributed by atoms with Crippen molar-refractivity contribution < 1.29 is 14.3 Å². The Hall–Kier alpha value is -2.51. The lowest BCUT2D eigenvalue weighted by molar-refractivity contribution is -0.122. The number of amides is 2. The van der Waals surface area contributed by atoms with Crippen LogP contribution in [0.15, 0.2) is 47.4 Å². The standard InChI is InChI=1S/C16H12N2O3S2/c1-21-11-5-2-4-10(8-11)18-15(20)13(14(19)17-16(18)22)9-12-6-3-7-23-12/h2-9H,1H3,(H,17,19,22). The maximum atomic E-state index is 12.7. The van der Waals surface area contributed by atoms with Crippen LogP contribution in [-0.2, 0) is 9.59 Å². The van der Waals surface area contributed by atoms with Crippen LogP contribution in [0, 0.1) is 0 Å². The Morgan fingerprint density at radius 1 is 1.26 bits per heavy atom. The molecule has 1 aromatic heterocycles. The van der Waals surface area contributed by atoms with E-state index in [1.165, 1.54) is 16.2 Å². The molecule has 116 valence electrons. The lowest BCUT2D eigenvalue weighted by atomic mass is 10.1. The Kier molecular flexibility index (Phi) is 4.22. The zero-order valence-corrected chi connectivity index (χ0v) is 13.7. The molecule has 0 atom stereocenters.